The van der Waals surface area contributed by atoms with Gasteiger partial charge in [0.2, 0.25) is 0 Å². The Labute approximate surface area is 174 Å². The number of aromatic amines is 1. The molecule has 7 nitrogen and oxygen atoms in total. The molecule has 0 amide bonds. The summed E-state index contributed by atoms with van der Waals surface area (Å²) in [5.41, 5.74) is 3.61. The number of benzene rings is 1. The Morgan fingerprint density at radius 1 is 1.07 bits per heavy atom. The average Bonchev–Trinajstić information content (AvgIpc) is 3.12. The zero-order valence-electron chi connectivity index (χ0n) is 18.2. The molecule has 7 heteroatoms. The van der Waals surface area contributed by atoms with Crippen molar-refractivity contribution in [3.8, 4) is 11.5 Å². The molecule has 0 aliphatic heterocycles. The normalized spacial score (nSPS) is 11.4. The summed E-state index contributed by atoms with van der Waals surface area (Å²) in [6.07, 6.45) is 4.76. The van der Waals surface area contributed by atoms with Crippen molar-refractivity contribution in [3.63, 3.8) is 0 Å². The van der Waals surface area contributed by atoms with E-state index in [4.69, 9.17) is 9.47 Å². The minimum atomic E-state index is 0.622. The van der Waals surface area contributed by atoms with Gasteiger partial charge in [0.25, 0.3) is 0 Å². The molecule has 0 fully saturated rings. The Morgan fingerprint density at radius 3 is 2.55 bits per heavy atom. The van der Waals surface area contributed by atoms with Crippen LogP contribution in [0.1, 0.15) is 44.0 Å². The lowest BCUT2D eigenvalue weighted by molar-refractivity contribution is 0.287. The Bertz CT molecular complexity index is 757. The van der Waals surface area contributed by atoms with Crippen molar-refractivity contribution < 1.29 is 9.47 Å². The van der Waals surface area contributed by atoms with Crippen LogP contribution in [0.3, 0.4) is 0 Å². The molecule has 2 aromatic rings. The monoisotopic (exact) mass is 401 g/mol. The van der Waals surface area contributed by atoms with Gasteiger partial charge >= 0.3 is 0 Å². The van der Waals surface area contributed by atoms with Crippen LogP contribution in [0.15, 0.2) is 29.4 Å². The predicted molar refractivity (Wildman–Crippen MR) is 118 cm³/mol. The number of aromatic nitrogens is 2. The summed E-state index contributed by atoms with van der Waals surface area (Å²) in [5, 5.41) is 13.8. The van der Waals surface area contributed by atoms with Gasteiger partial charge in [-0.3, -0.25) is 10.1 Å². The predicted octanol–water partition coefficient (Wildman–Crippen LogP) is 3.25. The van der Waals surface area contributed by atoms with Gasteiger partial charge in [0.05, 0.1) is 19.4 Å². The fourth-order valence-electron chi connectivity index (χ4n) is 3.01. The standard InChI is InChI=1S/C22H35N5O2/c1-5-23-22(24-13-8-9-19-16-26-27-17(19)4)25-14-12-18-10-11-20(28-6-2)21(15-18)29-7-3/h10-11,15-16H,5-9,12-14H2,1-4H3,(H,26,27)(H2,23,24,25). The molecule has 0 aliphatic rings. The van der Waals surface area contributed by atoms with Gasteiger partial charge in [0.15, 0.2) is 17.5 Å². The Balaban J connectivity index is 1.83. The fraction of sp³-hybridized carbons (Fsp3) is 0.545. The highest BCUT2D eigenvalue weighted by Crippen LogP contribution is 2.28. The number of hydrogen-bond donors (Lipinski definition) is 3. The maximum Gasteiger partial charge on any atom is 0.191 e. The van der Waals surface area contributed by atoms with E-state index in [0.29, 0.717) is 13.2 Å². The van der Waals surface area contributed by atoms with E-state index in [1.165, 1.54) is 11.1 Å². The number of nitrogens with one attached hydrogen (secondary N) is 3. The molecule has 1 aromatic heterocycles. The Kier molecular flexibility index (Phi) is 9.89. The van der Waals surface area contributed by atoms with E-state index in [1.807, 2.05) is 26.1 Å². The summed E-state index contributed by atoms with van der Waals surface area (Å²) in [5.74, 6) is 2.46. The second-order valence-corrected chi connectivity index (χ2v) is 6.71. The van der Waals surface area contributed by atoms with E-state index >= 15 is 0 Å². The minimum Gasteiger partial charge on any atom is -0.490 e. The molecule has 0 bridgehead atoms. The Hall–Kier alpha value is -2.70. The third kappa shape index (κ3) is 7.68. The molecule has 0 aliphatic carbocycles. The number of nitrogens with zero attached hydrogens (tertiary/aromatic N) is 2. The van der Waals surface area contributed by atoms with E-state index < -0.39 is 0 Å². The molecule has 0 spiro atoms. The van der Waals surface area contributed by atoms with Gasteiger partial charge in [-0.05, 0) is 70.2 Å². The third-order valence-electron chi connectivity index (χ3n) is 4.47. The Morgan fingerprint density at radius 2 is 1.86 bits per heavy atom. The zero-order valence-corrected chi connectivity index (χ0v) is 18.2. The summed E-state index contributed by atoms with van der Waals surface area (Å²) >= 11 is 0. The van der Waals surface area contributed by atoms with E-state index in [9.17, 15) is 0 Å². The lowest BCUT2D eigenvalue weighted by Crippen LogP contribution is -2.38. The van der Waals surface area contributed by atoms with E-state index in [0.717, 1.165) is 62.0 Å². The smallest absolute Gasteiger partial charge is 0.191 e. The molecule has 1 heterocycles. The van der Waals surface area contributed by atoms with Crippen LogP contribution in [-0.4, -0.2) is 49.0 Å². The van der Waals surface area contributed by atoms with Crippen LogP contribution in [0, 0.1) is 6.92 Å². The molecule has 29 heavy (non-hydrogen) atoms. The second kappa shape index (κ2) is 12.7. The van der Waals surface area contributed by atoms with Gasteiger partial charge in [0, 0.05) is 25.3 Å². The van der Waals surface area contributed by atoms with Crippen LogP contribution in [-0.2, 0) is 12.8 Å². The molecule has 2 rings (SSSR count). The molecule has 3 N–H and O–H groups in total. The van der Waals surface area contributed by atoms with Gasteiger partial charge in [0.1, 0.15) is 0 Å². The maximum absolute atomic E-state index is 5.71. The van der Waals surface area contributed by atoms with E-state index in [-0.39, 0.29) is 0 Å². The number of hydrogen-bond acceptors (Lipinski definition) is 4. The summed E-state index contributed by atoms with van der Waals surface area (Å²) in [6.45, 7) is 11.7. The highest BCUT2D eigenvalue weighted by molar-refractivity contribution is 5.79. The van der Waals surface area contributed by atoms with Crippen molar-refractivity contribution >= 4 is 5.96 Å². The van der Waals surface area contributed by atoms with Crippen molar-refractivity contribution in [3.05, 3.63) is 41.2 Å². The molecule has 160 valence electrons. The first-order chi connectivity index (χ1) is 14.2. The van der Waals surface area contributed by atoms with Crippen LogP contribution in [0.4, 0.5) is 0 Å². The maximum atomic E-state index is 5.71. The molecule has 0 saturated carbocycles. The minimum absolute atomic E-state index is 0.622. The number of guanidine groups is 1. The average molecular weight is 402 g/mol. The highest BCUT2D eigenvalue weighted by Gasteiger charge is 2.06. The lowest BCUT2D eigenvalue weighted by Gasteiger charge is -2.14. The molecule has 0 radical (unpaired) electrons. The molecular formula is C22H35N5O2. The first-order valence-electron chi connectivity index (χ1n) is 10.6. The summed E-state index contributed by atoms with van der Waals surface area (Å²) in [7, 11) is 0. The quantitative estimate of drug-likeness (QED) is 0.289. The number of H-pyrrole nitrogens is 1. The molecule has 0 saturated heterocycles. The lowest BCUT2D eigenvalue weighted by atomic mass is 10.1. The second-order valence-electron chi connectivity index (χ2n) is 6.71. The number of rotatable bonds is 12. The first kappa shape index (κ1) is 22.6. The number of aryl methyl sites for hydroxylation is 2. The summed E-state index contributed by atoms with van der Waals surface area (Å²) in [4.78, 5) is 4.68. The van der Waals surface area contributed by atoms with Gasteiger partial charge in [-0.2, -0.15) is 5.10 Å². The number of ether oxygens (including phenoxy) is 2. The largest absolute Gasteiger partial charge is 0.490 e. The topological polar surface area (TPSA) is 83.6 Å². The highest BCUT2D eigenvalue weighted by atomic mass is 16.5. The zero-order chi connectivity index (χ0) is 20.9. The molecule has 1 aromatic carbocycles. The van der Waals surface area contributed by atoms with Crippen molar-refractivity contribution in [1.82, 2.24) is 20.8 Å². The van der Waals surface area contributed by atoms with Gasteiger partial charge in [-0.25, -0.2) is 0 Å². The van der Waals surface area contributed by atoms with Gasteiger partial charge in [-0.1, -0.05) is 6.07 Å². The van der Waals surface area contributed by atoms with Crippen LogP contribution in [0.2, 0.25) is 0 Å². The van der Waals surface area contributed by atoms with Crippen LogP contribution in [0.5, 0.6) is 11.5 Å². The van der Waals surface area contributed by atoms with Crippen molar-refractivity contribution in [2.24, 2.45) is 4.99 Å². The van der Waals surface area contributed by atoms with Gasteiger partial charge in [-0.15, -0.1) is 0 Å². The molecule has 0 atom stereocenters. The van der Waals surface area contributed by atoms with E-state index in [2.05, 4.69) is 51.8 Å². The van der Waals surface area contributed by atoms with Crippen molar-refractivity contribution in [2.75, 3.05) is 32.8 Å². The van der Waals surface area contributed by atoms with E-state index in [1.54, 1.807) is 0 Å². The van der Waals surface area contributed by atoms with Crippen LogP contribution < -0.4 is 20.1 Å². The molecule has 0 unspecified atom stereocenters. The SMILES string of the molecule is CCNC(=NCCCc1cn[nH]c1C)NCCc1ccc(OCC)c(OCC)c1. The van der Waals surface area contributed by atoms with Gasteiger partial charge < -0.3 is 20.1 Å². The number of aliphatic imine (C=N–C) groups is 1. The van der Waals surface area contributed by atoms with Crippen molar-refractivity contribution in [1.29, 1.82) is 0 Å². The summed E-state index contributed by atoms with van der Waals surface area (Å²) < 4.78 is 11.3. The van der Waals surface area contributed by atoms with Crippen LogP contribution >= 0.6 is 0 Å². The van der Waals surface area contributed by atoms with Crippen molar-refractivity contribution in [2.45, 2.75) is 47.0 Å². The van der Waals surface area contributed by atoms with Crippen LogP contribution in [0.25, 0.3) is 0 Å². The fourth-order valence-corrected chi connectivity index (χ4v) is 3.01. The summed E-state index contributed by atoms with van der Waals surface area (Å²) in [6, 6.07) is 6.14. The third-order valence-corrected chi connectivity index (χ3v) is 4.47. The molecular weight excluding hydrogens is 366 g/mol. The first-order valence-corrected chi connectivity index (χ1v) is 10.6.